The fraction of sp³-hybridized carbons (Fsp3) is 0.529. The molecule has 1 atom stereocenters. The highest BCUT2D eigenvalue weighted by Crippen LogP contribution is 2.20. The molecule has 0 aromatic heterocycles. The first-order valence-corrected chi connectivity index (χ1v) is 15.5. The minimum Gasteiger partial charge on any atom is -0.389 e. The summed E-state index contributed by atoms with van der Waals surface area (Å²) < 4.78 is -0.0291. The predicted molar refractivity (Wildman–Crippen MR) is 184 cm³/mol. The number of benzene rings is 1. The van der Waals surface area contributed by atoms with Crippen molar-refractivity contribution < 1.29 is 0 Å². The van der Waals surface area contributed by atoms with Gasteiger partial charge < -0.3 is 31.9 Å². The Morgan fingerprint density at radius 1 is 0.780 bits per heavy atom. The van der Waals surface area contributed by atoms with Crippen molar-refractivity contribution in [2.24, 2.45) is 0 Å². The molecule has 0 amide bonds. The molecule has 1 unspecified atom stereocenters. The van der Waals surface area contributed by atoms with Crippen molar-refractivity contribution in [2.45, 2.75) is 82.9 Å². The van der Waals surface area contributed by atoms with Crippen LogP contribution in [0.25, 0.3) is 0 Å². The fourth-order valence-electron chi connectivity index (χ4n) is 4.20. The lowest BCUT2D eigenvalue weighted by Gasteiger charge is -2.25. The third-order valence-electron chi connectivity index (χ3n) is 6.51. The molecule has 6 N–H and O–H groups in total. The summed E-state index contributed by atoms with van der Waals surface area (Å²) in [6.07, 6.45) is 8.36. The maximum absolute atomic E-state index is 4.56. The summed E-state index contributed by atoms with van der Waals surface area (Å²) in [5.74, 6) is 0. The lowest BCUT2D eigenvalue weighted by molar-refractivity contribution is 0.540. The zero-order chi connectivity index (χ0) is 30.5. The maximum atomic E-state index is 4.56. The zero-order valence-electron chi connectivity index (χ0n) is 26.1. The Balaban J connectivity index is 2.31. The molecule has 0 radical (unpaired) electrons. The van der Waals surface area contributed by atoms with Crippen LogP contribution < -0.4 is 31.9 Å². The molecule has 230 valence electrons. The molecule has 0 heterocycles. The third-order valence-corrected chi connectivity index (χ3v) is 6.67. The van der Waals surface area contributed by atoms with E-state index in [1.807, 2.05) is 6.07 Å². The summed E-state index contributed by atoms with van der Waals surface area (Å²) in [5.41, 5.74) is 6.08. The van der Waals surface area contributed by atoms with Gasteiger partial charge in [-0.25, -0.2) is 0 Å². The third kappa shape index (κ3) is 19.9. The van der Waals surface area contributed by atoms with Crippen molar-refractivity contribution in [1.82, 2.24) is 31.9 Å². The van der Waals surface area contributed by atoms with E-state index >= 15 is 0 Å². The minimum atomic E-state index is -0.0291. The van der Waals surface area contributed by atoms with Crippen LogP contribution in [-0.2, 0) is 6.42 Å². The normalized spacial score (nSPS) is 11.7. The van der Waals surface area contributed by atoms with Crippen molar-refractivity contribution in [2.75, 3.05) is 32.8 Å². The molecule has 0 aliphatic rings. The van der Waals surface area contributed by atoms with Crippen LogP contribution in [-0.4, -0.2) is 43.6 Å². The summed E-state index contributed by atoms with van der Waals surface area (Å²) >= 11 is 4.56. The van der Waals surface area contributed by atoms with Crippen molar-refractivity contribution in [3.8, 4) is 0 Å². The van der Waals surface area contributed by atoms with E-state index in [1.54, 1.807) is 0 Å². The molecule has 1 aromatic carbocycles. The average Bonchev–Trinajstić information content (AvgIpc) is 2.91. The molecular weight excluding hydrogens is 524 g/mol. The van der Waals surface area contributed by atoms with E-state index in [-0.39, 0.29) is 10.8 Å². The van der Waals surface area contributed by atoms with Gasteiger partial charge in [-0.2, -0.15) is 12.6 Å². The molecule has 1 aromatic rings. The van der Waals surface area contributed by atoms with Gasteiger partial charge in [-0.1, -0.05) is 96.8 Å². The van der Waals surface area contributed by atoms with Crippen molar-refractivity contribution in [3.05, 3.63) is 97.3 Å². The predicted octanol–water partition coefficient (Wildman–Crippen LogP) is 6.12. The lowest BCUT2D eigenvalue weighted by Crippen LogP contribution is -2.42. The lowest BCUT2D eigenvalue weighted by atomic mass is 10.0. The highest BCUT2D eigenvalue weighted by Gasteiger charge is 2.14. The number of rotatable bonds is 26. The first-order chi connectivity index (χ1) is 19.5. The first kappa shape index (κ1) is 36.3. The van der Waals surface area contributed by atoms with E-state index in [9.17, 15) is 0 Å². The van der Waals surface area contributed by atoms with Crippen LogP contribution in [0.4, 0.5) is 0 Å². The van der Waals surface area contributed by atoms with Gasteiger partial charge in [0.1, 0.15) is 0 Å². The van der Waals surface area contributed by atoms with Gasteiger partial charge in [0, 0.05) is 46.2 Å². The number of unbranched alkanes of at least 4 members (excludes halogenated alkanes) is 3. The van der Waals surface area contributed by atoms with Gasteiger partial charge >= 0.3 is 0 Å². The fourth-order valence-corrected chi connectivity index (χ4v) is 4.39. The molecule has 6 nitrogen and oxygen atoms in total. The summed E-state index contributed by atoms with van der Waals surface area (Å²) in [6.45, 7) is 31.3. The van der Waals surface area contributed by atoms with E-state index in [1.165, 1.54) is 18.4 Å². The molecule has 0 spiro atoms. The molecule has 7 heteroatoms. The van der Waals surface area contributed by atoms with E-state index < -0.39 is 0 Å². The highest BCUT2D eigenvalue weighted by molar-refractivity contribution is 7.81. The Bertz CT molecular complexity index is 934. The number of nitrogens with one attached hydrogen (secondary N) is 6. The van der Waals surface area contributed by atoms with E-state index in [0.29, 0.717) is 19.8 Å². The van der Waals surface area contributed by atoms with E-state index in [4.69, 9.17) is 0 Å². The highest BCUT2D eigenvalue weighted by atomic mass is 32.1. The Labute approximate surface area is 257 Å². The Hall–Kier alpha value is -2.77. The minimum absolute atomic E-state index is 0.0222. The molecule has 41 heavy (non-hydrogen) atoms. The molecular formula is C34H58N6S. The van der Waals surface area contributed by atoms with Gasteiger partial charge in [0.15, 0.2) is 0 Å². The molecule has 0 bridgehead atoms. The molecule has 0 saturated carbocycles. The van der Waals surface area contributed by atoms with Crippen molar-refractivity contribution >= 4 is 12.6 Å². The summed E-state index contributed by atoms with van der Waals surface area (Å²) in [5, 5.41) is 20.6. The van der Waals surface area contributed by atoms with Gasteiger partial charge in [0.05, 0.1) is 25.8 Å². The van der Waals surface area contributed by atoms with Crippen molar-refractivity contribution in [1.29, 1.82) is 0 Å². The summed E-state index contributed by atoms with van der Waals surface area (Å²) in [4.78, 5) is 0. The standard InChI is InChI=1S/C34H58N6S/c1-9-10-20-35-26-39-31(6)33(22-32-18-14-11-15-19-32)40-30(5)25-38-29(4)24-37-27(2)17-13-12-16-21-36-28(3)23-34(7,8)41/h11,14-15,18-19,33,35-41H,2-6,9-10,12-13,16-17,20-26H2,1,7-8H3. The Morgan fingerprint density at radius 3 is 2.15 bits per heavy atom. The van der Waals surface area contributed by atoms with Crippen LogP contribution in [0.15, 0.2) is 91.7 Å². The Morgan fingerprint density at radius 2 is 1.46 bits per heavy atom. The van der Waals surface area contributed by atoms with Crippen LogP contribution in [0.1, 0.15) is 71.3 Å². The molecule has 1 rings (SSSR count). The monoisotopic (exact) mass is 582 g/mol. The van der Waals surface area contributed by atoms with Gasteiger partial charge in [0.25, 0.3) is 0 Å². The van der Waals surface area contributed by atoms with Crippen LogP contribution in [0.5, 0.6) is 0 Å². The van der Waals surface area contributed by atoms with Crippen LogP contribution in [0, 0.1) is 0 Å². The first-order valence-electron chi connectivity index (χ1n) is 15.1. The topological polar surface area (TPSA) is 72.2 Å². The quantitative estimate of drug-likeness (QED) is 0.0406. The van der Waals surface area contributed by atoms with Gasteiger partial charge in [0.2, 0.25) is 0 Å². The Kier molecular flexibility index (Phi) is 18.6. The smallest absolute Gasteiger partial charge is 0.0691 e. The van der Waals surface area contributed by atoms with Crippen LogP contribution in [0.3, 0.4) is 0 Å². The zero-order valence-corrected chi connectivity index (χ0v) is 27.0. The number of hydrogen-bond donors (Lipinski definition) is 7. The van der Waals surface area contributed by atoms with E-state index in [0.717, 1.165) is 80.1 Å². The van der Waals surface area contributed by atoms with Gasteiger partial charge in [-0.15, -0.1) is 0 Å². The average molecular weight is 583 g/mol. The molecule has 0 aliphatic heterocycles. The molecule has 0 saturated heterocycles. The second-order valence-electron chi connectivity index (χ2n) is 11.5. The van der Waals surface area contributed by atoms with Gasteiger partial charge in [-0.3, -0.25) is 0 Å². The second-order valence-corrected chi connectivity index (χ2v) is 12.7. The molecule has 0 fully saturated rings. The van der Waals surface area contributed by atoms with Crippen molar-refractivity contribution in [3.63, 3.8) is 0 Å². The number of thiol groups is 1. The second kappa shape index (κ2) is 21.0. The van der Waals surface area contributed by atoms with E-state index in [2.05, 4.69) is 122 Å². The van der Waals surface area contributed by atoms with Gasteiger partial charge in [-0.05, 0) is 44.2 Å². The van der Waals surface area contributed by atoms with Crippen LogP contribution in [0.2, 0.25) is 0 Å². The number of allylic oxidation sites excluding steroid dienone is 2. The maximum Gasteiger partial charge on any atom is 0.0691 e. The number of hydrogen-bond acceptors (Lipinski definition) is 7. The summed E-state index contributed by atoms with van der Waals surface area (Å²) in [7, 11) is 0. The SMILES string of the molecule is C=C(CCCCCNC(=C)CC(C)(C)S)NCC(=C)NCC(=C)NC(Cc1ccccc1)C(=C)NCNCCCC. The summed E-state index contributed by atoms with van der Waals surface area (Å²) in [6, 6.07) is 10.5. The largest absolute Gasteiger partial charge is 0.389 e. The van der Waals surface area contributed by atoms with Crippen LogP contribution >= 0.6 is 12.6 Å². The molecule has 0 aliphatic carbocycles.